The number of likely N-dealkylation sites (N-methyl/N-ethyl adjacent to an activating group) is 1. The molecule has 3 aliphatic carbocycles. The van der Waals surface area contributed by atoms with E-state index in [4.69, 9.17) is 9.47 Å². The molecule has 6 aliphatic rings. The number of anilines is 1. The Bertz CT molecular complexity index is 1050. The van der Waals surface area contributed by atoms with Crippen LogP contribution in [0.25, 0.3) is 0 Å². The minimum absolute atomic E-state index is 0.167. The largest absolute Gasteiger partial charge is 0.504 e. The number of hydrogen-bond acceptors (Lipinski definition) is 5. The Morgan fingerprint density at radius 3 is 3.00 bits per heavy atom. The molecule has 7 rings (SSSR count). The van der Waals surface area contributed by atoms with Gasteiger partial charge in [0.2, 0.25) is 0 Å². The quantitative estimate of drug-likeness (QED) is 0.729. The van der Waals surface area contributed by atoms with Crippen molar-refractivity contribution in [1.82, 2.24) is 4.90 Å². The third-order valence-corrected chi connectivity index (χ3v) is 10.1. The monoisotopic (exact) mass is 434 g/mol. The zero-order valence-electron chi connectivity index (χ0n) is 19.3. The van der Waals surface area contributed by atoms with Gasteiger partial charge in [0.05, 0.1) is 17.1 Å². The fourth-order valence-corrected chi connectivity index (χ4v) is 9.10. The summed E-state index contributed by atoms with van der Waals surface area (Å²) in [5, 5.41) is 14.9. The molecule has 5 heteroatoms. The predicted octanol–water partition coefficient (Wildman–Crippen LogP) is 4.59. The zero-order valence-corrected chi connectivity index (χ0v) is 19.3. The standard InChI is InChI=1S/C27H34N2O3/c1-4-13-31-27-15-18-17-7-5-6-8-19(17)28-24(18)25(2)26(27)11-12-29(3)21(27)14-16-9-10-20(30)23(32-25)22(16)26/h5-10,16,18,21-22,24,28,30H,4,11-15H2,1-3H3/t16?,18?,21?,22?,24?,25-,26-,27+/m0/s1. The number of rotatable bonds is 3. The highest BCUT2D eigenvalue weighted by molar-refractivity contribution is 5.62. The van der Waals surface area contributed by atoms with Crippen LogP contribution in [0.1, 0.15) is 51.0 Å². The molecule has 1 aromatic carbocycles. The second-order valence-corrected chi connectivity index (χ2v) is 11.2. The summed E-state index contributed by atoms with van der Waals surface area (Å²) >= 11 is 0. The van der Waals surface area contributed by atoms with Gasteiger partial charge in [-0.1, -0.05) is 31.2 Å². The Morgan fingerprint density at radius 1 is 1.31 bits per heavy atom. The van der Waals surface area contributed by atoms with Crippen molar-refractivity contribution in [2.75, 3.05) is 25.5 Å². The molecule has 5 nitrogen and oxygen atoms in total. The summed E-state index contributed by atoms with van der Waals surface area (Å²) in [6.07, 6.45) is 8.25. The average Bonchev–Trinajstić information content (AvgIpc) is 3.29. The molecule has 4 fully saturated rings. The van der Waals surface area contributed by atoms with E-state index in [0.717, 1.165) is 44.6 Å². The Balaban J connectivity index is 1.51. The van der Waals surface area contributed by atoms with Crippen molar-refractivity contribution in [3.8, 4) is 0 Å². The maximum Gasteiger partial charge on any atom is 0.153 e. The van der Waals surface area contributed by atoms with Crippen LogP contribution < -0.4 is 5.32 Å². The van der Waals surface area contributed by atoms with Gasteiger partial charge < -0.3 is 24.8 Å². The maximum atomic E-state index is 11.0. The number of nitrogens with one attached hydrogen (secondary N) is 1. The molecular formula is C27H34N2O3. The number of fused-ring (bicyclic) bond motifs is 4. The van der Waals surface area contributed by atoms with Crippen molar-refractivity contribution in [3.63, 3.8) is 0 Å². The second-order valence-electron chi connectivity index (χ2n) is 11.2. The highest BCUT2D eigenvalue weighted by Crippen LogP contribution is 2.76. The van der Waals surface area contributed by atoms with E-state index in [1.807, 2.05) is 6.08 Å². The molecule has 32 heavy (non-hydrogen) atoms. The number of aliphatic hydroxyl groups excluding tert-OH is 1. The maximum absolute atomic E-state index is 11.0. The first-order valence-corrected chi connectivity index (χ1v) is 12.5. The molecule has 5 unspecified atom stereocenters. The molecule has 0 amide bonds. The summed E-state index contributed by atoms with van der Waals surface area (Å²) in [6, 6.07) is 9.30. The predicted molar refractivity (Wildman–Crippen MR) is 124 cm³/mol. The van der Waals surface area contributed by atoms with Crippen LogP contribution in [0.3, 0.4) is 0 Å². The molecule has 2 saturated heterocycles. The fourth-order valence-electron chi connectivity index (χ4n) is 9.10. The Morgan fingerprint density at radius 2 is 2.16 bits per heavy atom. The van der Waals surface area contributed by atoms with E-state index in [1.54, 1.807) is 0 Å². The summed E-state index contributed by atoms with van der Waals surface area (Å²) < 4.78 is 14.2. The molecule has 3 aliphatic heterocycles. The van der Waals surface area contributed by atoms with Crippen LogP contribution in [-0.4, -0.2) is 53.5 Å². The molecule has 2 N–H and O–H groups in total. The number of hydrogen-bond donors (Lipinski definition) is 2. The summed E-state index contributed by atoms with van der Waals surface area (Å²) in [7, 11) is 2.29. The van der Waals surface area contributed by atoms with Gasteiger partial charge in [0.1, 0.15) is 11.4 Å². The van der Waals surface area contributed by atoms with E-state index >= 15 is 0 Å². The Hall–Kier alpha value is -1.98. The van der Waals surface area contributed by atoms with Gasteiger partial charge in [0.25, 0.3) is 0 Å². The molecule has 1 spiro atoms. The number of allylic oxidation sites excluding steroid dienone is 3. The zero-order chi connectivity index (χ0) is 21.9. The van der Waals surface area contributed by atoms with Crippen molar-refractivity contribution >= 4 is 5.69 Å². The van der Waals surface area contributed by atoms with Crippen molar-refractivity contribution in [1.29, 1.82) is 0 Å². The highest BCUT2D eigenvalue weighted by atomic mass is 16.5. The number of benzene rings is 1. The van der Waals surface area contributed by atoms with Crippen LogP contribution in [0.2, 0.25) is 0 Å². The van der Waals surface area contributed by atoms with Crippen molar-refractivity contribution in [3.05, 3.63) is 53.5 Å². The molecule has 2 bridgehead atoms. The van der Waals surface area contributed by atoms with E-state index < -0.39 is 5.60 Å². The van der Waals surface area contributed by atoms with E-state index in [0.29, 0.717) is 23.6 Å². The van der Waals surface area contributed by atoms with Gasteiger partial charge in [-0.2, -0.15) is 0 Å². The topological polar surface area (TPSA) is 54.0 Å². The summed E-state index contributed by atoms with van der Waals surface area (Å²) in [5.74, 6) is 2.05. The molecule has 170 valence electrons. The lowest BCUT2D eigenvalue weighted by Gasteiger charge is -2.71. The molecule has 8 atom stereocenters. The molecule has 2 saturated carbocycles. The van der Waals surface area contributed by atoms with Crippen LogP contribution in [0.15, 0.2) is 47.9 Å². The number of para-hydroxylation sites is 1. The Labute approximate surface area is 190 Å². The number of nitrogens with zero attached hydrogens (tertiary/aromatic N) is 1. The first kappa shape index (κ1) is 19.5. The minimum Gasteiger partial charge on any atom is -0.504 e. The van der Waals surface area contributed by atoms with Crippen LogP contribution in [0.4, 0.5) is 5.69 Å². The first-order valence-electron chi connectivity index (χ1n) is 12.5. The SMILES string of the molecule is CCCO[C@]12CC3c4ccccc4NC3[C@]3(C)OC4=C(O)C=CC5CC1N(C)CC[C@]32C45. The fraction of sp³-hybridized carbons (Fsp3) is 0.630. The van der Waals surface area contributed by atoms with E-state index in [1.165, 1.54) is 11.3 Å². The van der Waals surface area contributed by atoms with Crippen molar-refractivity contribution < 1.29 is 14.6 Å². The first-order chi connectivity index (χ1) is 15.5. The average molecular weight is 435 g/mol. The van der Waals surface area contributed by atoms with Gasteiger partial charge in [0.15, 0.2) is 5.76 Å². The van der Waals surface area contributed by atoms with Gasteiger partial charge in [-0.3, -0.25) is 0 Å². The summed E-state index contributed by atoms with van der Waals surface area (Å²) in [5.41, 5.74) is 1.71. The van der Waals surface area contributed by atoms with Gasteiger partial charge in [-0.15, -0.1) is 0 Å². The van der Waals surface area contributed by atoms with E-state index in [-0.39, 0.29) is 23.0 Å². The number of ether oxygens (including phenoxy) is 2. The lowest BCUT2D eigenvalue weighted by atomic mass is 9.39. The van der Waals surface area contributed by atoms with E-state index in [2.05, 4.69) is 61.5 Å². The van der Waals surface area contributed by atoms with Gasteiger partial charge >= 0.3 is 0 Å². The molecular weight excluding hydrogens is 400 g/mol. The van der Waals surface area contributed by atoms with Crippen LogP contribution in [-0.2, 0) is 9.47 Å². The van der Waals surface area contributed by atoms with E-state index in [9.17, 15) is 5.11 Å². The Kier molecular flexibility index (Phi) is 3.73. The molecule has 1 aromatic rings. The smallest absolute Gasteiger partial charge is 0.153 e. The third kappa shape index (κ3) is 1.93. The highest BCUT2D eigenvalue weighted by Gasteiger charge is 2.83. The van der Waals surface area contributed by atoms with Crippen LogP contribution in [0, 0.1) is 17.3 Å². The number of piperidine rings is 1. The molecule has 3 heterocycles. The summed E-state index contributed by atoms with van der Waals surface area (Å²) in [6.45, 7) is 6.36. The number of aliphatic hydroxyl groups is 1. The lowest BCUT2D eigenvalue weighted by Crippen LogP contribution is -2.81. The molecule has 0 radical (unpaired) electrons. The van der Waals surface area contributed by atoms with Gasteiger partial charge in [-0.05, 0) is 69.8 Å². The van der Waals surface area contributed by atoms with Gasteiger partial charge in [-0.25, -0.2) is 0 Å². The van der Waals surface area contributed by atoms with Gasteiger partial charge in [0, 0.05) is 30.2 Å². The number of likely N-dealkylation sites (tertiary alicyclic amines) is 1. The minimum atomic E-state index is -0.457. The van der Waals surface area contributed by atoms with Crippen LogP contribution >= 0.6 is 0 Å². The second kappa shape index (κ2) is 6.12. The van der Waals surface area contributed by atoms with Crippen molar-refractivity contribution in [2.24, 2.45) is 17.3 Å². The van der Waals surface area contributed by atoms with Crippen LogP contribution in [0.5, 0.6) is 0 Å². The third-order valence-electron chi connectivity index (χ3n) is 10.1. The normalized spacial score (nSPS) is 47.4. The summed E-state index contributed by atoms with van der Waals surface area (Å²) in [4.78, 5) is 2.57. The molecule has 0 aromatic heterocycles. The van der Waals surface area contributed by atoms with Crippen molar-refractivity contribution in [2.45, 2.75) is 68.7 Å². The lowest BCUT2D eigenvalue weighted by molar-refractivity contribution is -0.296.